The van der Waals surface area contributed by atoms with Crippen LogP contribution in [-0.4, -0.2) is 14.7 Å². The van der Waals surface area contributed by atoms with Crippen LogP contribution < -0.4 is 16.2 Å². The molecule has 0 fully saturated rings. The Morgan fingerprint density at radius 2 is 1.76 bits per heavy atom. The highest BCUT2D eigenvalue weighted by Crippen LogP contribution is 2.32. The molecule has 0 aliphatic carbocycles. The van der Waals surface area contributed by atoms with Crippen LogP contribution in [0.2, 0.25) is 0 Å². The molecule has 5 aromatic rings. The van der Waals surface area contributed by atoms with Crippen molar-refractivity contribution in [2.45, 2.75) is 26.3 Å². The van der Waals surface area contributed by atoms with Gasteiger partial charge < -0.3 is 13.7 Å². The van der Waals surface area contributed by atoms with Gasteiger partial charge in [-0.2, -0.15) is 13.2 Å². The van der Waals surface area contributed by atoms with Crippen LogP contribution in [-0.2, 0) is 19.3 Å². The van der Waals surface area contributed by atoms with Gasteiger partial charge >= 0.3 is 17.6 Å². The van der Waals surface area contributed by atoms with E-state index in [-0.39, 0.29) is 19.0 Å². The third-order valence-electron chi connectivity index (χ3n) is 6.12. The summed E-state index contributed by atoms with van der Waals surface area (Å²) in [5.74, 6) is -0.235. The lowest BCUT2D eigenvalue weighted by atomic mass is 9.97. The van der Waals surface area contributed by atoms with Crippen LogP contribution in [0.3, 0.4) is 0 Å². The fourth-order valence-electron chi connectivity index (χ4n) is 4.03. The standard InChI is InChI=1S/C29H21F4N3O5/c1-17-25(34-26(40-17)19-5-9-21(10-6-19)29(31,32)33)16-39-23-4-2-3-20(15-23)24(18-7-11-22(30)12-8-18)13-14-36-27(37)35-28(38)41-36/h2-13,15H,14,16H2,1H3,(H,35,37,38)/b24-13+. The van der Waals surface area contributed by atoms with Crippen molar-refractivity contribution >= 4 is 5.57 Å². The summed E-state index contributed by atoms with van der Waals surface area (Å²) in [6.45, 7) is 1.62. The Labute approximate surface area is 229 Å². The van der Waals surface area contributed by atoms with Crippen LogP contribution in [0.4, 0.5) is 17.6 Å². The highest BCUT2D eigenvalue weighted by molar-refractivity contribution is 5.80. The van der Waals surface area contributed by atoms with Crippen LogP contribution in [0, 0.1) is 12.7 Å². The molecule has 0 aliphatic heterocycles. The molecule has 210 valence electrons. The van der Waals surface area contributed by atoms with E-state index in [0.717, 1.165) is 16.9 Å². The van der Waals surface area contributed by atoms with Gasteiger partial charge in [0.05, 0.1) is 12.1 Å². The van der Waals surface area contributed by atoms with Gasteiger partial charge in [-0.3, -0.25) is 0 Å². The number of rotatable bonds is 8. The van der Waals surface area contributed by atoms with Crippen LogP contribution >= 0.6 is 0 Å². The molecule has 0 radical (unpaired) electrons. The SMILES string of the molecule is Cc1oc(-c2ccc(C(F)(F)F)cc2)nc1COc1cccc(/C(=C/Cn2oc(=O)[nH]c2=O)c2ccc(F)cc2)c1. The van der Waals surface area contributed by atoms with Crippen molar-refractivity contribution in [2.24, 2.45) is 0 Å². The minimum atomic E-state index is -4.44. The number of hydrogen-bond acceptors (Lipinski definition) is 6. The number of allylic oxidation sites excluding steroid dienone is 1. The normalized spacial score (nSPS) is 12.1. The van der Waals surface area contributed by atoms with E-state index in [0.29, 0.717) is 39.5 Å². The van der Waals surface area contributed by atoms with Crippen molar-refractivity contribution in [3.63, 3.8) is 0 Å². The topological polar surface area (TPSA) is 103 Å². The molecule has 5 rings (SSSR count). The fraction of sp³-hybridized carbons (Fsp3) is 0.138. The number of aryl methyl sites for hydroxylation is 1. The molecule has 1 N–H and O–H groups in total. The van der Waals surface area contributed by atoms with Gasteiger partial charge in [0.25, 0.3) is 0 Å². The predicted octanol–water partition coefficient (Wildman–Crippen LogP) is 5.96. The second-order valence-corrected chi connectivity index (χ2v) is 8.91. The van der Waals surface area contributed by atoms with Gasteiger partial charge in [-0.05, 0) is 72.2 Å². The first-order valence-corrected chi connectivity index (χ1v) is 12.2. The minimum absolute atomic E-state index is 0.0128. The maximum absolute atomic E-state index is 13.6. The van der Waals surface area contributed by atoms with Crippen molar-refractivity contribution in [3.05, 3.63) is 134 Å². The Morgan fingerprint density at radius 3 is 2.41 bits per heavy atom. The first-order chi connectivity index (χ1) is 19.6. The molecule has 3 aromatic carbocycles. The van der Waals surface area contributed by atoms with E-state index in [2.05, 4.69) is 4.98 Å². The molecule has 0 spiro atoms. The third-order valence-corrected chi connectivity index (χ3v) is 6.12. The van der Waals surface area contributed by atoms with Crippen molar-refractivity contribution in [1.29, 1.82) is 0 Å². The summed E-state index contributed by atoms with van der Waals surface area (Å²) < 4.78 is 69.5. The zero-order valence-corrected chi connectivity index (χ0v) is 21.4. The minimum Gasteiger partial charge on any atom is -0.487 e. The van der Waals surface area contributed by atoms with Gasteiger partial charge in [-0.15, -0.1) is 4.74 Å². The summed E-state index contributed by atoms with van der Waals surface area (Å²) in [6.07, 6.45) is -2.79. The molecule has 2 aromatic heterocycles. The number of H-pyrrole nitrogens is 1. The van der Waals surface area contributed by atoms with Crippen molar-refractivity contribution in [3.8, 4) is 17.2 Å². The summed E-state index contributed by atoms with van der Waals surface area (Å²) in [7, 11) is 0. The van der Waals surface area contributed by atoms with E-state index in [4.69, 9.17) is 13.7 Å². The number of nitrogens with one attached hydrogen (secondary N) is 1. The Hall–Kier alpha value is -5.13. The third kappa shape index (κ3) is 6.38. The zero-order valence-electron chi connectivity index (χ0n) is 21.4. The predicted molar refractivity (Wildman–Crippen MR) is 140 cm³/mol. The highest BCUT2D eigenvalue weighted by Gasteiger charge is 2.30. The number of aromatic amines is 1. The number of benzene rings is 3. The molecule has 0 saturated heterocycles. The quantitative estimate of drug-likeness (QED) is 0.232. The number of hydrogen-bond donors (Lipinski definition) is 1. The van der Waals surface area contributed by atoms with Gasteiger partial charge in [0.2, 0.25) is 5.89 Å². The first-order valence-electron chi connectivity index (χ1n) is 12.2. The van der Waals surface area contributed by atoms with E-state index in [1.807, 2.05) is 4.98 Å². The molecule has 0 amide bonds. The molecule has 2 heterocycles. The number of ether oxygens (including phenoxy) is 1. The molecule has 0 unspecified atom stereocenters. The number of oxazole rings is 1. The van der Waals surface area contributed by atoms with E-state index in [9.17, 15) is 27.2 Å². The van der Waals surface area contributed by atoms with Crippen LogP contribution in [0.25, 0.3) is 17.0 Å². The smallest absolute Gasteiger partial charge is 0.440 e. The molecule has 41 heavy (non-hydrogen) atoms. The summed E-state index contributed by atoms with van der Waals surface area (Å²) in [6, 6.07) is 17.2. The van der Waals surface area contributed by atoms with Crippen LogP contribution in [0.5, 0.6) is 5.75 Å². The maximum Gasteiger partial charge on any atom is 0.440 e. The lowest BCUT2D eigenvalue weighted by Crippen LogP contribution is -2.16. The Kier molecular flexibility index (Phi) is 7.47. The fourth-order valence-corrected chi connectivity index (χ4v) is 4.03. The largest absolute Gasteiger partial charge is 0.487 e. The van der Waals surface area contributed by atoms with Crippen molar-refractivity contribution in [2.75, 3.05) is 0 Å². The van der Waals surface area contributed by atoms with Gasteiger partial charge in [0, 0.05) is 5.56 Å². The molecule has 12 heteroatoms. The summed E-state index contributed by atoms with van der Waals surface area (Å²) in [4.78, 5) is 29.6. The maximum atomic E-state index is 13.6. The van der Waals surface area contributed by atoms with Gasteiger partial charge in [-0.1, -0.05) is 30.3 Å². The molecular weight excluding hydrogens is 546 g/mol. The molecule has 0 bridgehead atoms. The van der Waals surface area contributed by atoms with Gasteiger partial charge in [0.15, 0.2) is 0 Å². The monoisotopic (exact) mass is 567 g/mol. The molecule has 0 atom stereocenters. The summed E-state index contributed by atoms with van der Waals surface area (Å²) in [5, 5.41) is 0. The molecule has 0 aliphatic rings. The second kappa shape index (κ2) is 11.2. The molecule has 0 saturated carbocycles. The lowest BCUT2D eigenvalue weighted by Gasteiger charge is -2.11. The van der Waals surface area contributed by atoms with Crippen LogP contribution in [0.1, 0.15) is 28.1 Å². The average molecular weight is 567 g/mol. The Balaban J connectivity index is 1.37. The lowest BCUT2D eigenvalue weighted by molar-refractivity contribution is -0.137. The average Bonchev–Trinajstić information content (AvgIpc) is 3.48. The van der Waals surface area contributed by atoms with E-state index >= 15 is 0 Å². The Bertz CT molecular complexity index is 1810. The van der Waals surface area contributed by atoms with Gasteiger partial charge in [-0.25, -0.2) is 23.9 Å². The first kappa shape index (κ1) is 27.4. The van der Waals surface area contributed by atoms with E-state index in [1.165, 1.54) is 24.3 Å². The summed E-state index contributed by atoms with van der Waals surface area (Å²) in [5.41, 5.74) is 1.30. The molecule has 8 nitrogen and oxygen atoms in total. The van der Waals surface area contributed by atoms with Gasteiger partial charge in [0.1, 0.15) is 29.6 Å². The summed E-state index contributed by atoms with van der Waals surface area (Å²) >= 11 is 0. The Morgan fingerprint density at radius 1 is 1.02 bits per heavy atom. The number of alkyl halides is 3. The zero-order chi connectivity index (χ0) is 29.1. The van der Waals surface area contributed by atoms with E-state index < -0.39 is 29.0 Å². The second-order valence-electron chi connectivity index (χ2n) is 8.91. The number of nitrogens with zero attached hydrogens (tertiary/aromatic N) is 2. The molecular formula is C29H21F4N3O5. The van der Waals surface area contributed by atoms with Crippen LogP contribution in [0.15, 0.2) is 97.4 Å². The van der Waals surface area contributed by atoms with Crippen molar-refractivity contribution in [1.82, 2.24) is 14.7 Å². The van der Waals surface area contributed by atoms with E-state index in [1.54, 1.807) is 49.4 Å². The van der Waals surface area contributed by atoms with Crippen molar-refractivity contribution < 1.29 is 31.2 Å². The number of halogens is 4. The number of aromatic nitrogens is 3. The highest BCUT2D eigenvalue weighted by atomic mass is 19.4.